The Morgan fingerprint density at radius 1 is 1.15 bits per heavy atom. The van der Waals surface area contributed by atoms with Gasteiger partial charge in [0.15, 0.2) is 0 Å². The van der Waals surface area contributed by atoms with Crippen LogP contribution < -0.4 is 0 Å². The van der Waals surface area contributed by atoms with Gasteiger partial charge in [-0.25, -0.2) is 0 Å². The van der Waals surface area contributed by atoms with E-state index in [1.807, 2.05) is 0 Å². The van der Waals surface area contributed by atoms with Gasteiger partial charge in [-0.3, -0.25) is 0 Å². The Kier molecular flexibility index (Phi) is 1.96. The van der Waals surface area contributed by atoms with Crippen LogP contribution in [-0.4, -0.2) is 16.6 Å². The van der Waals surface area contributed by atoms with Crippen LogP contribution >= 0.6 is 22.6 Å². The van der Waals surface area contributed by atoms with Crippen LogP contribution in [0.4, 0.5) is 0 Å². The predicted octanol–water partition coefficient (Wildman–Crippen LogP) is 3.16. The fourth-order valence-corrected chi connectivity index (χ4v) is 6.07. The molecule has 74 valence electrons. The Balaban J connectivity index is 1.53. The summed E-state index contributed by atoms with van der Waals surface area (Å²) in [5, 5.41) is 0. The van der Waals surface area contributed by atoms with Crippen molar-refractivity contribution in [3.63, 3.8) is 0 Å². The average molecular weight is 292 g/mol. The molecule has 2 heteroatoms. The predicted molar refractivity (Wildman–Crippen MR) is 61.2 cm³/mol. The van der Waals surface area contributed by atoms with E-state index in [1.54, 1.807) is 0 Å². The summed E-state index contributed by atoms with van der Waals surface area (Å²) in [6, 6.07) is 0. The molecule has 1 heterocycles. The third-order valence-corrected chi connectivity index (χ3v) is 5.28. The molecule has 4 aliphatic rings. The molecule has 4 fully saturated rings. The summed E-state index contributed by atoms with van der Waals surface area (Å²) >= 11 is 2.67. The van der Waals surface area contributed by atoms with Gasteiger partial charge in [0.25, 0.3) is 0 Å². The molecule has 1 nitrogen and oxygen atoms in total. The minimum absolute atomic E-state index is 0.767. The summed E-state index contributed by atoms with van der Waals surface area (Å²) in [5.41, 5.74) is 0.823. The molecule has 4 rings (SSSR count). The van der Waals surface area contributed by atoms with Gasteiger partial charge in [0.05, 0.1) is 0 Å². The van der Waals surface area contributed by atoms with Gasteiger partial charge in [-0.15, -0.1) is 0 Å². The van der Waals surface area contributed by atoms with E-state index in [9.17, 15) is 0 Å². The van der Waals surface area contributed by atoms with Crippen molar-refractivity contribution in [3.8, 4) is 0 Å². The second-order valence-electron chi connectivity index (χ2n) is 5.44. The Morgan fingerprint density at radius 3 is 2.31 bits per heavy atom. The van der Waals surface area contributed by atoms with Crippen molar-refractivity contribution in [2.45, 2.75) is 41.9 Å². The highest BCUT2D eigenvalue weighted by molar-refractivity contribution is 14.1. The quantitative estimate of drug-likeness (QED) is 0.561. The number of hydrogen-bond donors (Lipinski definition) is 0. The van der Waals surface area contributed by atoms with Crippen LogP contribution in [-0.2, 0) is 4.74 Å². The first-order valence-corrected chi connectivity index (χ1v) is 6.54. The van der Waals surface area contributed by atoms with Gasteiger partial charge in [0.1, 0.15) is 0 Å². The molecule has 0 N–H and O–H groups in total. The fraction of sp³-hybridized carbons (Fsp3) is 1.00. The topological polar surface area (TPSA) is 9.23 Å². The molecular weight excluding hydrogens is 275 g/mol. The molecule has 0 aromatic heterocycles. The second kappa shape index (κ2) is 2.84. The van der Waals surface area contributed by atoms with Gasteiger partial charge in [-0.05, 0) is 49.9 Å². The van der Waals surface area contributed by atoms with Crippen LogP contribution in [0.3, 0.4) is 0 Å². The first-order chi connectivity index (χ1) is 6.20. The van der Waals surface area contributed by atoms with Crippen molar-refractivity contribution in [1.82, 2.24) is 0 Å². The molecule has 2 bridgehead atoms. The van der Waals surface area contributed by atoms with Crippen LogP contribution in [0.25, 0.3) is 0 Å². The number of hydrogen-bond acceptors (Lipinski definition) is 1. The van der Waals surface area contributed by atoms with Gasteiger partial charge >= 0.3 is 0 Å². The molecule has 13 heavy (non-hydrogen) atoms. The smallest absolute Gasteiger partial charge is 0.0468 e. The van der Waals surface area contributed by atoms with Gasteiger partial charge < -0.3 is 4.74 Å². The maximum absolute atomic E-state index is 5.40. The zero-order valence-corrected chi connectivity index (χ0v) is 10.2. The largest absolute Gasteiger partial charge is 0.381 e. The summed E-state index contributed by atoms with van der Waals surface area (Å²) in [7, 11) is 0. The lowest BCUT2D eigenvalue weighted by Crippen LogP contribution is -2.63. The van der Waals surface area contributed by atoms with Gasteiger partial charge in [-0.2, -0.15) is 0 Å². The monoisotopic (exact) mass is 292 g/mol. The third-order valence-electron chi connectivity index (χ3n) is 4.14. The van der Waals surface area contributed by atoms with E-state index in [1.165, 1.54) is 38.5 Å². The van der Waals surface area contributed by atoms with E-state index in [4.69, 9.17) is 4.74 Å². The Hall–Kier alpha value is 0.690. The van der Waals surface area contributed by atoms with E-state index in [0.29, 0.717) is 0 Å². The van der Waals surface area contributed by atoms with Crippen LogP contribution in [0, 0.1) is 11.3 Å². The molecule has 3 saturated carbocycles. The van der Waals surface area contributed by atoms with Crippen molar-refractivity contribution in [1.29, 1.82) is 0 Å². The summed E-state index contributed by atoms with van der Waals surface area (Å²) < 4.78 is 6.16. The molecule has 3 aliphatic carbocycles. The second-order valence-corrected chi connectivity index (χ2v) is 7.73. The molecule has 0 aromatic carbocycles. The number of halogens is 1. The van der Waals surface area contributed by atoms with Crippen LogP contribution in [0.2, 0.25) is 0 Å². The maximum Gasteiger partial charge on any atom is 0.0468 e. The summed E-state index contributed by atoms with van der Waals surface area (Å²) in [4.78, 5) is 0. The highest BCUT2D eigenvalue weighted by Gasteiger charge is 2.66. The van der Waals surface area contributed by atoms with Crippen molar-refractivity contribution < 1.29 is 4.74 Å². The van der Waals surface area contributed by atoms with Gasteiger partial charge in [0, 0.05) is 16.6 Å². The van der Waals surface area contributed by atoms with E-state index in [0.717, 1.165) is 28.0 Å². The molecule has 0 radical (unpaired) electrons. The minimum atomic E-state index is 0.767. The normalized spacial score (nSPS) is 49.6. The Bertz CT molecular complexity index is 200. The number of ether oxygens (including phenoxy) is 1. The molecule has 0 unspecified atom stereocenters. The highest BCUT2D eigenvalue weighted by atomic mass is 127. The van der Waals surface area contributed by atoms with Crippen molar-refractivity contribution >= 4 is 22.6 Å². The van der Waals surface area contributed by atoms with Crippen LogP contribution in [0.15, 0.2) is 0 Å². The molecule has 0 atom stereocenters. The van der Waals surface area contributed by atoms with E-state index >= 15 is 0 Å². The number of rotatable bonds is 2. The minimum Gasteiger partial charge on any atom is -0.381 e. The van der Waals surface area contributed by atoms with Crippen molar-refractivity contribution in [3.05, 3.63) is 0 Å². The van der Waals surface area contributed by atoms with Gasteiger partial charge in [-0.1, -0.05) is 22.6 Å². The lowest BCUT2D eigenvalue weighted by atomic mass is 9.42. The molecule has 0 spiro atoms. The highest BCUT2D eigenvalue weighted by Crippen LogP contribution is 2.74. The summed E-state index contributed by atoms with van der Waals surface area (Å²) in [6.45, 7) is 2.05. The van der Waals surface area contributed by atoms with Crippen molar-refractivity contribution in [2.24, 2.45) is 11.3 Å². The zero-order valence-electron chi connectivity index (χ0n) is 8.02. The average Bonchev–Trinajstić information content (AvgIpc) is 2.02. The Labute approximate surface area is 93.7 Å². The van der Waals surface area contributed by atoms with Crippen LogP contribution in [0.1, 0.15) is 38.5 Å². The van der Waals surface area contributed by atoms with E-state index in [-0.39, 0.29) is 0 Å². The SMILES string of the molecule is IC12CC(CC3CCOCC3)(C1)C2. The van der Waals surface area contributed by atoms with E-state index in [2.05, 4.69) is 22.6 Å². The first kappa shape index (κ1) is 8.96. The molecule has 1 aliphatic heterocycles. The van der Waals surface area contributed by atoms with Gasteiger partial charge in [0.2, 0.25) is 0 Å². The zero-order chi connectivity index (χ0) is 8.94. The standard InChI is InChI=1S/C11H17IO/c12-11-6-10(7-11,8-11)5-9-1-3-13-4-2-9/h9H,1-8H2. The lowest BCUT2D eigenvalue weighted by Gasteiger charge is -2.69. The molecule has 0 aromatic rings. The molecule has 1 saturated heterocycles. The fourth-order valence-electron chi connectivity index (χ4n) is 3.64. The number of alkyl halides is 1. The van der Waals surface area contributed by atoms with E-state index < -0.39 is 0 Å². The van der Waals surface area contributed by atoms with Crippen LogP contribution in [0.5, 0.6) is 0 Å². The maximum atomic E-state index is 5.40. The Morgan fingerprint density at radius 2 is 1.77 bits per heavy atom. The summed E-state index contributed by atoms with van der Waals surface area (Å²) in [5.74, 6) is 0.995. The first-order valence-electron chi connectivity index (χ1n) is 5.47. The molecule has 0 amide bonds. The lowest BCUT2D eigenvalue weighted by molar-refractivity contribution is -0.0918. The molecular formula is C11H17IO. The third kappa shape index (κ3) is 1.44. The summed E-state index contributed by atoms with van der Waals surface area (Å²) in [6.07, 6.45) is 8.75. The van der Waals surface area contributed by atoms with Crippen molar-refractivity contribution in [2.75, 3.05) is 13.2 Å².